The van der Waals surface area contributed by atoms with E-state index in [1.54, 1.807) is 16.7 Å². The summed E-state index contributed by atoms with van der Waals surface area (Å²) >= 11 is 0. The van der Waals surface area contributed by atoms with Crippen LogP contribution in [0.15, 0.2) is 48.7 Å². The van der Waals surface area contributed by atoms with Gasteiger partial charge in [-0.05, 0) is 38.0 Å². The lowest BCUT2D eigenvalue weighted by molar-refractivity contribution is 0.0928. The monoisotopic (exact) mass is 364 g/mol. The topological polar surface area (TPSA) is 75.5 Å². The number of amides is 2. The Balaban J connectivity index is 1.85. The Hall–Kier alpha value is -3.15. The van der Waals surface area contributed by atoms with Gasteiger partial charge in [0.1, 0.15) is 0 Å². The smallest absolute Gasteiger partial charge is 0.287 e. The first-order chi connectivity index (χ1) is 13.0. The Morgan fingerprint density at radius 3 is 2.70 bits per heavy atom. The number of hydrogen-bond donors (Lipinski definition) is 2. The van der Waals surface area contributed by atoms with Crippen molar-refractivity contribution in [2.45, 2.75) is 39.8 Å². The van der Waals surface area contributed by atoms with Crippen molar-refractivity contribution in [3.63, 3.8) is 0 Å². The third-order valence-corrected chi connectivity index (χ3v) is 4.49. The van der Waals surface area contributed by atoms with E-state index in [0.29, 0.717) is 12.1 Å². The van der Waals surface area contributed by atoms with Gasteiger partial charge in [0.2, 0.25) is 5.82 Å². The molecule has 3 rings (SSSR count). The van der Waals surface area contributed by atoms with Gasteiger partial charge in [-0.1, -0.05) is 42.8 Å². The maximum absolute atomic E-state index is 12.7. The Morgan fingerprint density at radius 2 is 1.96 bits per heavy atom. The normalized spacial score (nSPS) is 12.0. The first kappa shape index (κ1) is 18.6. The molecule has 0 bridgehead atoms. The second-order valence-electron chi connectivity index (χ2n) is 6.69. The van der Waals surface area contributed by atoms with Crippen LogP contribution < -0.4 is 10.6 Å². The molecule has 6 heteroatoms. The predicted molar refractivity (Wildman–Crippen MR) is 105 cm³/mol. The van der Waals surface area contributed by atoms with Gasteiger partial charge in [-0.25, -0.2) is 4.98 Å². The van der Waals surface area contributed by atoms with Crippen molar-refractivity contribution in [3.05, 3.63) is 71.3 Å². The molecule has 6 nitrogen and oxygen atoms in total. The molecule has 0 spiro atoms. The SMILES string of the molecule is CCC(C)NC(=O)c1nc(C(=O)NCc2cccc(C)c2)c2ccccn12. The van der Waals surface area contributed by atoms with Crippen LogP contribution in [0, 0.1) is 6.92 Å². The standard InChI is InChI=1S/C21H24N4O2/c1-4-15(3)23-21(27)19-24-18(17-10-5-6-11-25(17)19)20(26)22-13-16-9-7-8-14(2)12-16/h5-12,15H,4,13H2,1-3H3,(H,22,26)(H,23,27). The van der Waals surface area contributed by atoms with E-state index in [1.807, 2.05) is 57.2 Å². The Labute approximate surface area is 158 Å². The number of pyridine rings is 1. The largest absolute Gasteiger partial charge is 0.347 e. The molecule has 2 amide bonds. The van der Waals surface area contributed by atoms with Crippen LogP contribution in [0.4, 0.5) is 0 Å². The number of carbonyl (C=O) groups excluding carboxylic acids is 2. The summed E-state index contributed by atoms with van der Waals surface area (Å²) in [4.78, 5) is 29.6. The third-order valence-electron chi connectivity index (χ3n) is 4.49. The highest BCUT2D eigenvalue weighted by Gasteiger charge is 2.21. The lowest BCUT2D eigenvalue weighted by Crippen LogP contribution is -2.33. The second-order valence-corrected chi connectivity index (χ2v) is 6.69. The summed E-state index contributed by atoms with van der Waals surface area (Å²) in [6.45, 7) is 6.35. The molecule has 27 heavy (non-hydrogen) atoms. The fourth-order valence-corrected chi connectivity index (χ4v) is 2.84. The van der Waals surface area contributed by atoms with Gasteiger partial charge in [-0.15, -0.1) is 0 Å². The molecule has 0 aliphatic carbocycles. The Morgan fingerprint density at radius 1 is 1.15 bits per heavy atom. The molecular weight excluding hydrogens is 340 g/mol. The molecule has 3 aromatic rings. The summed E-state index contributed by atoms with van der Waals surface area (Å²) in [5.41, 5.74) is 3.01. The van der Waals surface area contributed by atoms with E-state index in [9.17, 15) is 9.59 Å². The number of benzene rings is 1. The van der Waals surface area contributed by atoms with Crippen LogP contribution in [0.25, 0.3) is 5.52 Å². The number of imidazole rings is 1. The minimum absolute atomic E-state index is 0.0344. The molecule has 1 unspecified atom stereocenters. The summed E-state index contributed by atoms with van der Waals surface area (Å²) in [5.74, 6) is -0.377. The molecule has 2 aromatic heterocycles. The minimum Gasteiger partial charge on any atom is -0.347 e. The third kappa shape index (κ3) is 4.16. The number of carbonyl (C=O) groups is 2. The zero-order valence-corrected chi connectivity index (χ0v) is 15.8. The molecule has 2 N–H and O–H groups in total. The van der Waals surface area contributed by atoms with E-state index >= 15 is 0 Å². The van der Waals surface area contributed by atoms with E-state index in [-0.39, 0.29) is 29.4 Å². The molecule has 0 aliphatic heterocycles. The zero-order valence-electron chi connectivity index (χ0n) is 15.8. The van der Waals surface area contributed by atoms with Gasteiger partial charge in [0.15, 0.2) is 5.69 Å². The molecule has 140 valence electrons. The van der Waals surface area contributed by atoms with Crippen LogP contribution in [0.5, 0.6) is 0 Å². The number of nitrogens with one attached hydrogen (secondary N) is 2. The predicted octanol–water partition coefficient (Wildman–Crippen LogP) is 3.10. The first-order valence-corrected chi connectivity index (χ1v) is 9.11. The van der Waals surface area contributed by atoms with Crippen molar-refractivity contribution in [1.82, 2.24) is 20.0 Å². The number of hydrogen-bond acceptors (Lipinski definition) is 3. The van der Waals surface area contributed by atoms with Crippen LogP contribution >= 0.6 is 0 Å². The average Bonchev–Trinajstić information content (AvgIpc) is 3.06. The summed E-state index contributed by atoms with van der Waals surface area (Å²) in [7, 11) is 0. The molecular formula is C21H24N4O2. The lowest BCUT2D eigenvalue weighted by atomic mass is 10.1. The van der Waals surface area contributed by atoms with Crippen molar-refractivity contribution in [2.24, 2.45) is 0 Å². The molecule has 0 radical (unpaired) electrons. The molecule has 0 fully saturated rings. The van der Waals surface area contributed by atoms with E-state index in [0.717, 1.165) is 17.5 Å². The van der Waals surface area contributed by atoms with E-state index in [1.165, 1.54) is 0 Å². The summed E-state index contributed by atoms with van der Waals surface area (Å²) < 4.78 is 1.65. The molecule has 2 heterocycles. The van der Waals surface area contributed by atoms with Gasteiger partial charge in [-0.3, -0.25) is 14.0 Å². The highest BCUT2D eigenvalue weighted by Crippen LogP contribution is 2.14. The maximum Gasteiger partial charge on any atom is 0.287 e. The lowest BCUT2D eigenvalue weighted by Gasteiger charge is -2.10. The van der Waals surface area contributed by atoms with E-state index in [2.05, 4.69) is 15.6 Å². The van der Waals surface area contributed by atoms with Crippen LogP contribution in [-0.4, -0.2) is 27.2 Å². The van der Waals surface area contributed by atoms with Crippen LogP contribution in [0.1, 0.15) is 52.5 Å². The van der Waals surface area contributed by atoms with E-state index < -0.39 is 0 Å². The van der Waals surface area contributed by atoms with Gasteiger partial charge < -0.3 is 10.6 Å². The van der Waals surface area contributed by atoms with Crippen LogP contribution in [-0.2, 0) is 6.54 Å². The second kappa shape index (κ2) is 8.03. The highest BCUT2D eigenvalue weighted by molar-refractivity contribution is 6.02. The van der Waals surface area contributed by atoms with Crippen LogP contribution in [0.3, 0.4) is 0 Å². The van der Waals surface area contributed by atoms with Crippen molar-refractivity contribution in [1.29, 1.82) is 0 Å². The van der Waals surface area contributed by atoms with Crippen LogP contribution in [0.2, 0.25) is 0 Å². The van der Waals surface area contributed by atoms with Gasteiger partial charge in [-0.2, -0.15) is 0 Å². The summed E-state index contributed by atoms with van der Waals surface area (Å²) in [6, 6.07) is 13.4. The minimum atomic E-state index is -0.303. The number of fused-ring (bicyclic) bond motifs is 1. The molecule has 0 aliphatic rings. The van der Waals surface area contributed by atoms with Gasteiger partial charge in [0, 0.05) is 18.8 Å². The fraction of sp³-hybridized carbons (Fsp3) is 0.286. The first-order valence-electron chi connectivity index (χ1n) is 9.11. The van der Waals surface area contributed by atoms with Crippen molar-refractivity contribution < 1.29 is 9.59 Å². The van der Waals surface area contributed by atoms with Crippen molar-refractivity contribution >= 4 is 17.3 Å². The number of aromatic nitrogens is 2. The van der Waals surface area contributed by atoms with Gasteiger partial charge in [0.25, 0.3) is 11.8 Å². The maximum atomic E-state index is 12.7. The molecule has 1 atom stereocenters. The Bertz CT molecular complexity index is 977. The average molecular weight is 364 g/mol. The van der Waals surface area contributed by atoms with Crippen molar-refractivity contribution in [3.8, 4) is 0 Å². The Kier molecular flexibility index (Phi) is 5.54. The van der Waals surface area contributed by atoms with Gasteiger partial charge >= 0.3 is 0 Å². The molecule has 0 saturated carbocycles. The number of rotatable bonds is 6. The van der Waals surface area contributed by atoms with E-state index in [4.69, 9.17) is 0 Å². The van der Waals surface area contributed by atoms with Gasteiger partial charge in [0.05, 0.1) is 5.52 Å². The molecule has 0 saturated heterocycles. The quantitative estimate of drug-likeness (QED) is 0.706. The highest BCUT2D eigenvalue weighted by atomic mass is 16.2. The number of nitrogens with zero attached hydrogens (tertiary/aromatic N) is 2. The van der Waals surface area contributed by atoms with Crippen molar-refractivity contribution in [2.75, 3.05) is 0 Å². The summed E-state index contributed by atoms with van der Waals surface area (Å²) in [6.07, 6.45) is 2.56. The zero-order chi connectivity index (χ0) is 19.4. The number of aryl methyl sites for hydroxylation is 1. The summed E-state index contributed by atoms with van der Waals surface area (Å²) in [5, 5.41) is 5.79. The molecule has 1 aromatic carbocycles. The fourth-order valence-electron chi connectivity index (χ4n) is 2.84.